The predicted molar refractivity (Wildman–Crippen MR) is 117 cm³/mol. The van der Waals surface area contributed by atoms with Crippen LogP contribution >= 0.6 is 15.9 Å². The molecule has 3 aromatic rings. The minimum Gasteiger partial charge on any atom is -0.490 e. The number of rotatable bonds is 9. The molecule has 0 aliphatic rings. The first kappa shape index (κ1) is 22.2. The van der Waals surface area contributed by atoms with Gasteiger partial charge in [0.1, 0.15) is 6.04 Å². The van der Waals surface area contributed by atoms with Gasteiger partial charge in [-0.2, -0.15) is 0 Å². The van der Waals surface area contributed by atoms with E-state index in [-0.39, 0.29) is 12.5 Å². The lowest BCUT2D eigenvalue weighted by Crippen LogP contribution is -2.50. The minimum atomic E-state index is -1.05. The molecule has 2 aromatic heterocycles. The summed E-state index contributed by atoms with van der Waals surface area (Å²) in [5, 5.41) is 11.5. The molecule has 0 aliphatic carbocycles. The van der Waals surface area contributed by atoms with Crippen molar-refractivity contribution >= 4 is 27.5 Å². The number of hydrogen-bond donors (Lipinski definition) is 2. The summed E-state index contributed by atoms with van der Waals surface area (Å²) in [7, 11) is 0. The first-order valence-corrected chi connectivity index (χ1v) is 10.5. The van der Waals surface area contributed by atoms with Crippen molar-refractivity contribution in [1.29, 1.82) is 0 Å². The third-order valence-corrected chi connectivity index (χ3v) is 4.80. The summed E-state index contributed by atoms with van der Waals surface area (Å²) in [4.78, 5) is 12.6. The number of carbonyl (C=O) groups is 1. The molecule has 0 saturated heterocycles. The van der Waals surface area contributed by atoms with Gasteiger partial charge in [-0.15, -0.1) is 10.2 Å². The first-order chi connectivity index (χ1) is 14.3. The number of ether oxygens (including phenoxy) is 2. The molecule has 1 aromatic carbocycles. The maximum atomic E-state index is 12.6. The predicted octanol–water partition coefficient (Wildman–Crippen LogP) is 3.00. The van der Waals surface area contributed by atoms with Crippen LogP contribution in [0.1, 0.15) is 38.2 Å². The van der Waals surface area contributed by atoms with Gasteiger partial charge in [0.05, 0.1) is 25.4 Å². The molecule has 1 atom stereocenters. The Morgan fingerprint density at radius 3 is 2.70 bits per heavy atom. The smallest absolute Gasteiger partial charge is 0.240 e. The highest BCUT2D eigenvalue weighted by Crippen LogP contribution is 2.26. The lowest BCUT2D eigenvalue weighted by Gasteiger charge is -2.23. The Labute approximate surface area is 183 Å². The van der Waals surface area contributed by atoms with Gasteiger partial charge >= 0.3 is 0 Å². The van der Waals surface area contributed by atoms with Gasteiger partial charge in [-0.3, -0.25) is 9.20 Å². The Balaban J connectivity index is 1.89. The number of nitrogens with one attached hydrogen (secondary N) is 1. The van der Waals surface area contributed by atoms with Crippen molar-refractivity contribution in [3.8, 4) is 5.75 Å². The summed E-state index contributed by atoms with van der Waals surface area (Å²) in [6, 6.07) is 11.1. The molecule has 0 spiro atoms. The molecule has 1 amide bonds. The number of fused-ring (bicyclic) bond motifs is 1. The third kappa shape index (κ3) is 5.35. The van der Waals surface area contributed by atoms with E-state index in [9.17, 15) is 4.79 Å². The second kappa shape index (κ2) is 9.55. The Kier molecular flexibility index (Phi) is 7.06. The number of carbonyl (C=O) groups excluding carboxylic acids is 1. The molecule has 0 saturated carbocycles. The molecule has 9 heteroatoms. The zero-order valence-electron chi connectivity index (χ0n) is 17.3. The number of benzene rings is 1. The van der Waals surface area contributed by atoms with Gasteiger partial charge in [0, 0.05) is 10.7 Å². The number of nitrogens with two attached hydrogens (primary N) is 1. The Bertz CT molecular complexity index is 1000. The molecule has 0 bridgehead atoms. The maximum Gasteiger partial charge on any atom is 0.240 e. The Hall–Kier alpha value is -2.49. The number of nitrogens with zero attached hydrogens (tertiary/aromatic N) is 3. The number of hydrogen-bond acceptors (Lipinski definition) is 6. The van der Waals surface area contributed by atoms with E-state index in [2.05, 4.69) is 31.4 Å². The summed E-state index contributed by atoms with van der Waals surface area (Å²) < 4.78 is 14.2. The van der Waals surface area contributed by atoms with E-state index in [1.54, 1.807) is 18.2 Å². The zero-order chi connectivity index (χ0) is 21.7. The van der Waals surface area contributed by atoms with Crippen LogP contribution in [0, 0.1) is 0 Å². The van der Waals surface area contributed by atoms with Crippen LogP contribution in [0.25, 0.3) is 5.65 Å². The minimum absolute atomic E-state index is 0.202. The standard InChI is InChI=1S/C21H26BrN5O3/c1-4-30-17-10-15(22)11-27-18(25-26-19(17)27)16(24-20(28)21(2,3)23)13-29-12-14-8-6-5-7-9-14/h5-11,16H,4,12-13,23H2,1-3H3,(H,24,28)/t16-/m1/s1. The van der Waals surface area contributed by atoms with Gasteiger partial charge in [0.25, 0.3) is 0 Å². The fourth-order valence-corrected chi connectivity index (χ4v) is 3.25. The largest absolute Gasteiger partial charge is 0.490 e. The van der Waals surface area contributed by atoms with Gasteiger partial charge < -0.3 is 20.5 Å². The molecule has 0 unspecified atom stereocenters. The average Bonchev–Trinajstić information content (AvgIpc) is 3.11. The summed E-state index contributed by atoms with van der Waals surface area (Å²) in [5.74, 6) is 0.811. The summed E-state index contributed by atoms with van der Waals surface area (Å²) in [6.45, 7) is 6.30. The van der Waals surface area contributed by atoms with Gasteiger partial charge in [0.15, 0.2) is 11.6 Å². The van der Waals surface area contributed by atoms with Crippen LogP contribution in [0.2, 0.25) is 0 Å². The lowest BCUT2D eigenvalue weighted by atomic mass is 10.1. The Morgan fingerprint density at radius 1 is 1.30 bits per heavy atom. The zero-order valence-corrected chi connectivity index (χ0v) is 18.8. The molecular weight excluding hydrogens is 450 g/mol. The highest BCUT2D eigenvalue weighted by molar-refractivity contribution is 9.10. The van der Waals surface area contributed by atoms with Gasteiger partial charge in [-0.05, 0) is 48.3 Å². The van der Waals surface area contributed by atoms with E-state index in [0.717, 1.165) is 10.0 Å². The molecular formula is C21H26BrN5O3. The lowest BCUT2D eigenvalue weighted by molar-refractivity contribution is -0.126. The molecule has 0 fully saturated rings. The van der Waals surface area contributed by atoms with Crippen LogP contribution in [-0.4, -0.2) is 39.3 Å². The van der Waals surface area contributed by atoms with Crippen LogP contribution < -0.4 is 15.8 Å². The van der Waals surface area contributed by atoms with Crippen LogP contribution in [0.15, 0.2) is 47.1 Å². The topological polar surface area (TPSA) is 104 Å². The van der Waals surface area contributed by atoms with E-state index < -0.39 is 11.6 Å². The van der Waals surface area contributed by atoms with Crippen molar-refractivity contribution in [2.24, 2.45) is 5.73 Å². The second-order valence-electron chi connectivity index (χ2n) is 7.46. The van der Waals surface area contributed by atoms with Crippen molar-refractivity contribution < 1.29 is 14.3 Å². The van der Waals surface area contributed by atoms with Gasteiger partial charge in [-0.1, -0.05) is 30.3 Å². The van der Waals surface area contributed by atoms with Crippen LogP contribution in [-0.2, 0) is 16.1 Å². The monoisotopic (exact) mass is 475 g/mol. The molecule has 0 radical (unpaired) electrons. The summed E-state index contributed by atoms with van der Waals surface area (Å²) in [6.07, 6.45) is 1.83. The molecule has 3 N–H and O–H groups in total. The van der Waals surface area contributed by atoms with Crippen LogP contribution in [0.4, 0.5) is 0 Å². The fraction of sp³-hybridized carbons (Fsp3) is 0.381. The molecule has 2 heterocycles. The second-order valence-corrected chi connectivity index (χ2v) is 8.37. The molecule has 30 heavy (non-hydrogen) atoms. The molecule has 3 rings (SSSR count). The number of halogens is 1. The van der Waals surface area contributed by atoms with Gasteiger partial charge in [0.2, 0.25) is 11.6 Å². The summed E-state index contributed by atoms with van der Waals surface area (Å²) >= 11 is 3.49. The number of aromatic nitrogens is 3. The molecule has 0 aliphatic heterocycles. The van der Waals surface area contributed by atoms with E-state index in [0.29, 0.717) is 30.4 Å². The number of pyridine rings is 1. The van der Waals surface area contributed by atoms with Crippen molar-refractivity contribution in [3.63, 3.8) is 0 Å². The average molecular weight is 476 g/mol. The molecule has 8 nitrogen and oxygen atoms in total. The van der Waals surface area contributed by atoms with Crippen molar-refractivity contribution in [1.82, 2.24) is 19.9 Å². The highest BCUT2D eigenvalue weighted by Gasteiger charge is 2.28. The van der Waals surface area contributed by atoms with Gasteiger partial charge in [-0.25, -0.2) is 0 Å². The molecule has 160 valence electrons. The van der Waals surface area contributed by atoms with E-state index in [4.69, 9.17) is 15.2 Å². The summed E-state index contributed by atoms with van der Waals surface area (Å²) in [5.41, 5.74) is 6.53. The van der Waals surface area contributed by atoms with E-state index in [1.807, 2.05) is 49.5 Å². The Morgan fingerprint density at radius 2 is 2.03 bits per heavy atom. The first-order valence-electron chi connectivity index (χ1n) is 9.68. The van der Waals surface area contributed by atoms with Crippen molar-refractivity contribution in [3.05, 3.63) is 58.5 Å². The van der Waals surface area contributed by atoms with Crippen LogP contribution in [0.3, 0.4) is 0 Å². The van der Waals surface area contributed by atoms with Crippen molar-refractivity contribution in [2.75, 3.05) is 13.2 Å². The third-order valence-electron chi connectivity index (χ3n) is 4.36. The number of amides is 1. The van der Waals surface area contributed by atoms with E-state index >= 15 is 0 Å². The van der Waals surface area contributed by atoms with E-state index in [1.165, 1.54) is 0 Å². The normalized spacial score (nSPS) is 12.7. The SMILES string of the molecule is CCOc1cc(Br)cn2c([C@@H](COCc3ccccc3)NC(=O)C(C)(C)N)nnc12. The van der Waals surface area contributed by atoms with Crippen molar-refractivity contribution in [2.45, 2.75) is 39.0 Å². The fourth-order valence-electron chi connectivity index (χ4n) is 2.84. The highest BCUT2D eigenvalue weighted by atomic mass is 79.9. The quantitative estimate of drug-likeness (QED) is 0.492. The van der Waals surface area contributed by atoms with Crippen LogP contribution in [0.5, 0.6) is 5.75 Å². The maximum absolute atomic E-state index is 12.6.